The molecule has 1 fully saturated rings. The minimum Gasteiger partial charge on any atom is -0.507 e. The maximum atomic E-state index is 13.7. The van der Waals surface area contributed by atoms with Gasteiger partial charge in [-0.15, -0.1) is 0 Å². The number of thiocarbonyl (C=S) groups is 1. The molecule has 1 aliphatic rings. The zero-order valence-electron chi connectivity index (χ0n) is 22.4. The summed E-state index contributed by atoms with van der Waals surface area (Å²) >= 11 is 5.68. The van der Waals surface area contributed by atoms with Crippen LogP contribution < -0.4 is 4.90 Å². The van der Waals surface area contributed by atoms with Crippen molar-refractivity contribution in [2.24, 2.45) is 0 Å². The van der Waals surface area contributed by atoms with Crippen molar-refractivity contribution in [3.05, 3.63) is 64.3 Å². The fraction of sp³-hybridized carbons (Fsp3) is 0.414. The molecule has 0 atom stereocenters. The largest absolute Gasteiger partial charge is 0.507 e. The van der Waals surface area contributed by atoms with Crippen LogP contribution in [0.3, 0.4) is 0 Å². The number of hydrogen-bond acceptors (Lipinski definition) is 5. The van der Waals surface area contributed by atoms with Gasteiger partial charge in [-0.2, -0.15) is 0 Å². The summed E-state index contributed by atoms with van der Waals surface area (Å²) in [5.41, 5.74) is 3.70. The van der Waals surface area contributed by atoms with Crippen LogP contribution >= 0.6 is 12.2 Å². The predicted molar refractivity (Wildman–Crippen MR) is 148 cm³/mol. The van der Waals surface area contributed by atoms with Crippen molar-refractivity contribution in [3.63, 3.8) is 0 Å². The standard InChI is InChI=1S/C29H36N2O4S/c1-9-18-10-12-20(13-11-18)31-26(34)23(30(27(31)36)17-24(32)35-8)16-19-14-21(28(2,3)4)25(33)22(15-19)29(5,6)7/h10-16,33H,9,17H2,1-8H3/b23-16-. The van der Waals surface area contributed by atoms with Gasteiger partial charge in [0.05, 0.1) is 12.8 Å². The number of nitrogens with zero attached hydrogens (tertiary/aromatic N) is 2. The number of carbonyl (C=O) groups excluding carboxylic acids is 2. The van der Waals surface area contributed by atoms with Crippen molar-refractivity contribution in [1.29, 1.82) is 0 Å². The second-order valence-electron chi connectivity index (χ2n) is 11.1. The molecule has 2 aromatic rings. The molecule has 1 heterocycles. The summed E-state index contributed by atoms with van der Waals surface area (Å²) in [5, 5.41) is 11.3. The quantitative estimate of drug-likeness (QED) is 0.318. The van der Waals surface area contributed by atoms with Crippen molar-refractivity contribution in [1.82, 2.24) is 4.90 Å². The number of ether oxygens (including phenoxy) is 1. The van der Waals surface area contributed by atoms with Gasteiger partial charge in [0, 0.05) is 11.1 Å². The highest BCUT2D eigenvalue weighted by molar-refractivity contribution is 7.80. The van der Waals surface area contributed by atoms with Crippen LogP contribution in [0.2, 0.25) is 0 Å². The molecular weight excluding hydrogens is 472 g/mol. The minimum atomic E-state index is -0.504. The van der Waals surface area contributed by atoms with E-state index < -0.39 is 5.97 Å². The maximum Gasteiger partial charge on any atom is 0.325 e. The third kappa shape index (κ3) is 5.46. The average Bonchev–Trinajstić information content (AvgIpc) is 3.02. The van der Waals surface area contributed by atoms with Crippen LogP contribution in [0.5, 0.6) is 5.75 Å². The van der Waals surface area contributed by atoms with Gasteiger partial charge in [0.15, 0.2) is 5.11 Å². The molecule has 7 heteroatoms. The lowest BCUT2D eigenvalue weighted by atomic mass is 9.78. The van der Waals surface area contributed by atoms with Gasteiger partial charge >= 0.3 is 5.97 Å². The molecule has 1 aliphatic heterocycles. The Balaban J connectivity index is 2.19. The molecule has 0 unspecified atom stereocenters. The molecule has 2 aromatic carbocycles. The first kappa shape index (κ1) is 27.4. The number of amides is 1. The smallest absolute Gasteiger partial charge is 0.325 e. The molecule has 1 saturated heterocycles. The van der Waals surface area contributed by atoms with Crippen molar-refractivity contribution < 1.29 is 19.4 Å². The molecule has 1 amide bonds. The second kappa shape index (κ2) is 10.1. The van der Waals surface area contributed by atoms with E-state index in [-0.39, 0.29) is 39.8 Å². The summed E-state index contributed by atoms with van der Waals surface area (Å²) in [6.45, 7) is 14.1. The Bertz CT molecular complexity index is 1180. The molecule has 6 nitrogen and oxygen atoms in total. The van der Waals surface area contributed by atoms with Crippen molar-refractivity contribution in [3.8, 4) is 5.75 Å². The monoisotopic (exact) mass is 508 g/mol. The van der Waals surface area contributed by atoms with E-state index in [0.29, 0.717) is 5.69 Å². The zero-order chi connectivity index (χ0) is 27.0. The number of aryl methyl sites for hydroxylation is 1. The summed E-state index contributed by atoms with van der Waals surface area (Å²) in [6, 6.07) is 11.4. The van der Waals surface area contributed by atoms with Crippen molar-refractivity contribution in [2.45, 2.75) is 65.7 Å². The Hall–Kier alpha value is -3.19. The maximum absolute atomic E-state index is 13.7. The van der Waals surface area contributed by atoms with Gasteiger partial charge in [0.25, 0.3) is 5.91 Å². The Kier molecular flexibility index (Phi) is 7.65. The number of aromatic hydroxyl groups is 1. The molecule has 36 heavy (non-hydrogen) atoms. The lowest BCUT2D eigenvalue weighted by Gasteiger charge is -2.28. The van der Waals surface area contributed by atoms with Crippen LogP contribution in [0.4, 0.5) is 5.69 Å². The van der Waals surface area contributed by atoms with Gasteiger partial charge in [0.1, 0.15) is 18.0 Å². The fourth-order valence-electron chi connectivity index (χ4n) is 4.18. The molecule has 0 radical (unpaired) electrons. The van der Waals surface area contributed by atoms with Crippen LogP contribution in [0, 0.1) is 0 Å². The molecule has 1 N–H and O–H groups in total. The number of anilines is 1. The van der Waals surface area contributed by atoms with E-state index in [2.05, 4.69) is 6.92 Å². The first-order valence-corrected chi connectivity index (χ1v) is 12.5. The predicted octanol–water partition coefficient (Wildman–Crippen LogP) is 5.70. The van der Waals surface area contributed by atoms with E-state index in [1.54, 1.807) is 6.08 Å². The van der Waals surface area contributed by atoms with E-state index in [4.69, 9.17) is 17.0 Å². The van der Waals surface area contributed by atoms with E-state index in [9.17, 15) is 14.7 Å². The van der Waals surface area contributed by atoms with Crippen LogP contribution in [0.25, 0.3) is 6.08 Å². The average molecular weight is 509 g/mol. The Morgan fingerprint density at radius 2 is 1.56 bits per heavy atom. The molecule has 192 valence electrons. The fourth-order valence-corrected chi connectivity index (χ4v) is 4.53. The highest BCUT2D eigenvalue weighted by Gasteiger charge is 2.40. The Morgan fingerprint density at radius 1 is 1.03 bits per heavy atom. The van der Waals surface area contributed by atoms with E-state index in [0.717, 1.165) is 28.7 Å². The SMILES string of the molecule is CCc1ccc(N2C(=O)/C(=C/c3cc(C(C)(C)C)c(O)c(C(C)(C)C)c3)N(CC(=O)OC)C2=S)cc1. The second-order valence-corrected chi connectivity index (χ2v) is 11.5. The van der Waals surface area contributed by atoms with Crippen LogP contribution in [0.1, 0.15) is 70.7 Å². The molecule has 3 rings (SSSR count). The van der Waals surface area contributed by atoms with Gasteiger partial charge in [-0.25, -0.2) is 0 Å². The minimum absolute atomic E-state index is 0.188. The summed E-state index contributed by atoms with van der Waals surface area (Å²) in [7, 11) is 1.30. The third-order valence-electron chi connectivity index (χ3n) is 6.30. The molecule has 0 aromatic heterocycles. The Labute approximate surface area is 219 Å². The van der Waals surface area contributed by atoms with E-state index in [1.807, 2.05) is 77.9 Å². The molecular formula is C29H36N2O4S. The first-order valence-electron chi connectivity index (χ1n) is 12.1. The topological polar surface area (TPSA) is 70.1 Å². The zero-order valence-corrected chi connectivity index (χ0v) is 23.2. The van der Waals surface area contributed by atoms with Crippen molar-refractivity contribution >= 4 is 41.0 Å². The summed E-state index contributed by atoms with van der Waals surface area (Å²) < 4.78 is 4.88. The van der Waals surface area contributed by atoms with Gasteiger partial charge < -0.3 is 14.7 Å². The highest BCUT2D eigenvalue weighted by Crippen LogP contribution is 2.40. The van der Waals surface area contributed by atoms with Crippen LogP contribution in [-0.4, -0.2) is 40.6 Å². The number of carbonyl (C=O) groups is 2. The lowest BCUT2D eigenvalue weighted by Crippen LogP contribution is -2.35. The number of esters is 1. The van der Waals surface area contributed by atoms with Gasteiger partial charge in [-0.3, -0.25) is 14.5 Å². The van der Waals surface area contributed by atoms with Gasteiger partial charge in [-0.1, -0.05) is 60.6 Å². The highest BCUT2D eigenvalue weighted by atomic mass is 32.1. The van der Waals surface area contributed by atoms with Crippen LogP contribution in [0.15, 0.2) is 42.1 Å². The first-order chi connectivity index (χ1) is 16.7. The van der Waals surface area contributed by atoms with Crippen molar-refractivity contribution in [2.75, 3.05) is 18.6 Å². The number of rotatable bonds is 5. The summed E-state index contributed by atoms with van der Waals surface area (Å²) in [4.78, 5) is 28.9. The van der Waals surface area contributed by atoms with E-state index in [1.165, 1.54) is 16.9 Å². The summed E-state index contributed by atoms with van der Waals surface area (Å²) in [5.74, 6) is -0.569. The molecule has 0 aliphatic carbocycles. The number of phenolic OH excluding ortho intramolecular Hbond substituents is 1. The van der Waals surface area contributed by atoms with Crippen LogP contribution in [-0.2, 0) is 31.6 Å². The third-order valence-corrected chi connectivity index (χ3v) is 6.71. The lowest BCUT2D eigenvalue weighted by molar-refractivity contribution is -0.140. The van der Waals surface area contributed by atoms with Gasteiger partial charge in [0.2, 0.25) is 0 Å². The molecule has 0 bridgehead atoms. The Morgan fingerprint density at radius 3 is 2.00 bits per heavy atom. The van der Waals surface area contributed by atoms with E-state index >= 15 is 0 Å². The molecule has 0 saturated carbocycles. The van der Waals surface area contributed by atoms with Gasteiger partial charge in [-0.05, 0) is 70.9 Å². The number of phenols is 1. The number of benzene rings is 2. The summed E-state index contributed by atoms with van der Waals surface area (Å²) in [6.07, 6.45) is 2.62. The normalized spacial score (nSPS) is 15.7. The molecule has 0 spiro atoms. The number of methoxy groups -OCH3 is 1. The number of hydrogen-bond donors (Lipinski definition) is 1.